The normalized spacial score (nSPS) is 12.0. The molecule has 16 heavy (non-hydrogen) atoms. The van der Waals surface area contributed by atoms with Crippen molar-refractivity contribution in [2.75, 3.05) is 5.32 Å². The summed E-state index contributed by atoms with van der Waals surface area (Å²) in [4.78, 5) is 3.45. The zero-order chi connectivity index (χ0) is 12.4. The number of terminal acetylenes is 1. The van der Waals surface area contributed by atoms with Crippen LogP contribution in [0, 0.1) is 12.3 Å². The number of hydrogen-bond acceptors (Lipinski definition) is 2. The molecule has 0 saturated carbocycles. The number of aromatic nitrogens is 1. The van der Waals surface area contributed by atoms with Crippen LogP contribution in [-0.4, -0.2) is 10.5 Å². The standard InChI is InChI=1S/C11H11F3N2/c1-4-10(2,3)16-9-7-5-6-8(15-9)11(12,13)14/h1,5-7H,2-3H3,(H,15,16). The van der Waals surface area contributed by atoms with Gasteiger partial charge in [-0.05, 0) is 26.0 Å². The van der Waals surface area contributed by atoms with Crippen LogP contribution in [0.4, 0.5) is 19.0 Å². The topological polar surface area (TPSA) is 24.9 Å². The fraction of sp³-hybridized carbons (Fsp3) is 0.364. The third kappa shape index (κ3) is 3.16. The quantitative estimate of drug-likeness (QED) is 0.787. The number of anilines is 1. The molecule has 0 aliphatic heterocycles. The molecule has 0 radical (unpaired) electrons. The van der Waals surface area contributed by atoms with E-state index in [1.807, 2.05) is 0 Å². The number of rotatable bonds is 2. The lowest BCUT2D eigenvalue weighted by Gasteiger charge is -2.20. The highest BCUT2D eigenvalue weighted by atomic mass is 19.4. The summed E-state index contributed by atoms with van der Waals surface area (Å²) in [6, 6.07) is 3.63. The molecule has 1 aromatic heterocycles. The summed E-state index contributed by atoms with van der Waals surface area (Å²) in [6.45, 7) is 3.35. The van der Waals surface area contributed by atoms with E-state index in [9.17, 15) is 13.2 Å². The van der Waals surface area contributed by atoms with Crippen LogP contribution in [0.1, 0.15) is 19.5 Å². The van der Waals surface area contributed by atoms with Crippen LogP contribution in [0.5, 0.6) is 0 Å². The molecule has 1 rings (SSSR count). The molecule has 1 N–H and O–H groups in total. The molecule has 1 aromatic rings. The van der Waals surface area contributed by atoms with Crippen molar-refractivity contribution in [1.82, 2.24) is 4.98 Å². The molecule has 0 atom stereocenters. The van der Waals surface area contributed by atoms with Crippen molar-refractivity contribution < 1.29 is 13.2 Å². The highest BCUT2D eigenvalue weighted by Crippen LogP contribution is 2.28. The summed E-state index contributed by atoms with van der Waals surface area (Å²) in [5, 5.41) is 2.73. The summed E-state index contributed by atoms with van der Waals surface area (Å²) in [7, 11) is 0. The Labute approximate surface area is 91.9 Å². The summed E-state index contributed by atoms with van der Waals surface area (Å²) in [5.74, 6) is 2.52. The Morgan fingerprint density at radius 3 is 2.44 bits per heavy atom. The van der Waals surface area contributed by atoms with Gasteiger partial charge in [0.15, 0.2) is 0 Å². The monoisotopic (exact) mass is 228 g/mol. The maximum absolute atomic E-state index is 12.4. The van der Waals surface area contributed by atoms with Gasteiger partial charge in [0.1, 0.15) is 11.5 Å². The van der Waals surface area contributed by atoms with Crippen molar-refractivity contribution in [1.29, 1.82) is 0 Å². The van der Waals surface area contributed by atoms with E-state index in [-0.39, 0.29) is 5.82 Å². The second kappa shape index (κ2) is 4.05. The molecular weight excluding hydrogens is 217 g/mol. The van der Waals surface area contributed by atoms with E-state index in [1.165, 1.54) is 12.1 Å². The Morgan fingerprint density at radius 1 is 1.31 bits per heavy atom. The van der Waals surface area contributed by atoms with E-state index in [4.69, 9.17) is 6.42 Å². The van der Waals surface area contributed by atoms with Gasteiger partial charge in [-0.2, -0.15) is 13.2 Å². The van der Waals surface area contributed by atoms with Gasteiger partial charge in [-0.1, -0.05) is 12.0 Å². The number of alkyl halides is 3. The van der Waals surface area contributed by atoms with E-state index in [2.05, 4.69) is 16.2 Å². The molecule has 0 saturated heterocycles. The number of pyridine rings is 1. The van der Waals surface area contributed by atoms with E-state index in [0.717, 1.165) is 6.07 Å². The highest BCUT2D eigenvalue weighted by Gasteiger charge is 2.32. The van der Waals surface area contributed by atoms with Crippen LogP contribution in [0.15, 0.2) is 18.2 Å². The summed E-state index contributed by atoms with van der Waals surface area (Å²) < 4.78 is 37.1. The fourth-order valence-corrected chi connectivity index (χ4v) is 1.02. The molecule has 0 fully saturated rings. The van der Waals surface area contributed by atoms with Crippen LogP contribution in [0.3, 0.4) is 0 Å². The molecule has 0 aliphatic rings. The fourth-order valence-electron chi connectivity index (χ4n) is 1.02. The highest BCUT2D eigenvalue weighted by molar-refractivity contribution is 5.41. The van der Waals surface area contributed by atoms with Crippen molar-refractivity contribution in [3.63, 3.8) is 0 Å². The predicted molar refractivity (Wildman–Crippen MR) is 55.8 cm³/mol. The number of halogens is 3. The maximum atomic E-state index is 12.4. The van der Waals surface area contributed by atoms with Crippen LogP contribution in [-0.2, 0) is 6.18 Å². The largest absolute Gasteiger partial charge is 0.433 e. The predicted octanol–water partition coefficient (Wildman–Crippen LogP) is 2.92. The summed E-state index contributed by atoms with van der Waals surface area (Å²) in [6.07, 6.45) is 0.769. The number of nitrogens with zero attached hydrogens (tertiary/aromatic N) is 1. The minimum atomic E-state index is -4.45. The second-order valence-corrected chi connectivity index (χ2v) is 3.80. The lowest BCUT2D eigenvalue weighted by Crippen LogP contribution is -2.29. The molecule has 0 bridgehead atoms. The zero-order valence-electron chi connectivity index (χ0n) is 8.89. The van der Waals surface area contributed by atoms with Crippen molar-refractivity contribution in [3.05, 3.63) is 23.9 Å². The maximum Gasteiger partial charge on any atom is 0.433 e. The van der Waals surface area contributed by atoms with E-state index in [1.54, 1.807) is 13.8 Å². The van der Waals surface area contributed by atoms with Crippen LogP contribution in [0.2, 0.25) is 0 Å². The van der Waals surface area contributed by atoms with Gasteiger partial charge in [0.25, 0.3) is 0 Å². The first-order valence-corrected chi connectivity index (χ1v) is 4.55. The van der Waals surface area contributed by atoms with Gasteiger partial charge in [0.05, 0.1) is 5.54 Å². The first kappa shape index (κ1) is 12.4. The van der Waals surface area contributed by atoms with Crippen LogP contribution in [0.25, 0.3) is 0 Å². The third-order valence-electron chi connectivity index (χ3n) is 1.84. The number of nitrogens with one attached hydrogen (secondary N) is 1. The SMILES string of the molecule is C#CC(C)(C)Nc1cccc(C(F)(F)F)n1. The average Bonchev–Trinajstić information content (AvgIpc) is 2.16. The Hall–Kier alpha value is -1.70. The molecule has 1 heterocycles. The van der Waals surface area contributed by atoms with E-state index < -0.39 is 17.4 Å². The third-order valence-corrected chi connectivity index (χ3v) is 1.84. The smallest absolute Gasteiger partial charge is 0.354 e. The van der Waals surface area contributed by atoms with Crippen molar-refractivity contribution >= 4 is 5.82 Å². The molecule has 5 heteroatoms. The second-order valence-electron chi connectivity index (χ2n) is 3.80. The van der Waals surface area contributed by atoms with Gasteiger partial charge in [-0.3, -0.25) is 0 Å². The number of hydrogen-bond donors (Lipinski definition) is 1. The summed E-state index contributed by atoms with van der Waals surface area (Å²) in [5.41, 5.74) is -1.68. The van der Waals surface area contributed by atoms with Gasteiger partial charge in [0.2, 0.25) is 0 Å². The zero-order valence-corrected chi connectivity index (χ0v) is 8.89. The summed E-state index contributed by atoms with van der Waals surface area (Å²) >= 11 is 0. The Balaban J connectivity index is 2.97. The van der Waals surface area contributed by atoms with E-state index in [0.29, 0.717) is 0 Å². The molecule has 0 aliphatic carbocycles. The van der Waals surface area contributed by atoms with Gasteiger partial charge >= 0.3 is 6.18 Å². The van der Waals surface area contributed by atoms with Crippen molar-refractivity contribution in [2.24, 2.45) is 0 Å². The molecular formula is C11H11F3N2. The molecule has 0 unspecified atom stereocenters. The lowest BCUT2D eigenvalue weighted by molar-refractivity contribution is -0.141. The Bertz CT molecular complexity index is 416. The minimum Gasteiger partial charge on any atom is -0.354 e. The molecule has 0 aromatic carbocycles. The van der Waals surface area contributed by atoms with Crippen molar-refractivity contribution in [2.45, 2.75) is 25.6 Å². The van der Waals surface area contributed by atoms with Gasteiger partial charge in [-0.25, -0.2) is 4.98 Å². The van der Waals surface area contributed by atoms with Gasteiger partial charge in [0, 0.05) is 0 Å². The van der Waals surface area contributed by atoms with Crippen molar-refractivity contribution in [3.8, 4) is 12.3 Å². The molecule has 2 nitrogen and oxygen atoms in total. The Morgan fingerprint density at radius 2 is 1.94 bits per heavy atom. The molecule has 0 amide bonds. The van der Waals surface area contributed by atoms with E-state index >= 15 is 0 Å². The molecule has 0 spiro atoms. The minimum absolute atomic E-state index is 0.109. The van der Waals surface area contributed by atoms with Crippen LogP contribution >= 0.6 is 0 Å². The van der Waals surface area contributed by atoms with Gasteiger partial charge < -0.3 is 5.32 Å². The van der Waals surface area contributed by atoms with Crippen LogP contribution < -0.4 is 5.32 Å². The molecule has 86 valence electrons. The average molecular weight is 228 g/mol. The Kier molecular flexibility index (Phi) is 3.13. The first-order valence-electron chi connectivity index (χ1n) is 4.55. The lowest BCUT2D eigenvalue weighted by atomic mass is 10.1. The van der Waals surface area contributed by atoms with Gasteiger partial charge in [-0.15, -0.1) is 6.42 Å². The first-order chi connectivity index (χ1) is 7.24.